The molecular weight excluding hydrogens is 192 g/mol. The Morgan fingerprint density at radius 1 is 1.40 bits per heavy atom. The molecule has 1 saturated heterocycles. The fourth-order valence-corrected chi connectivity index (χ4v) is 1.51. The van der Waals surface area contributed by atoms with Crippen LogP contribution in [0.15, 0.2) is 0 Å². The summed E-state index contributed by atoms with van der Waals surface area (Å²) in [5.74, 6) is -0.541. The van der Waals surface area contributed by atoms with Gasteiger partial charge in [-0.25, -0.2) is 5.43 Å². The first-order valence-electron chi connectivity index (χ1n) is 5.56. The number of ketones is 2. The maximum atomic E-state index is 11.9. The molecule has 0 aromatic heterocycles. The van der Waals surface area contributed by atoms with Crippen molar-refractivity contribution in [1.82, 2.24) is 10.9 Å². The van der Waals surface area contributed by atoms with Gasteiger partial charge in [0.05, 0.1) is 6.04 Å². The van der Waals surface area contributed by atoms with Crippen molar-refractivity contribution < 1.29 is 9.59 Å². The second-order valence-corrected chi connectivity index (χ2v) is 4.70. The third kappa shape index (κ3) is 2.86. The van der Waals surface area contributed by atoms with Crippen LogP contribution in [0, 0.1) is 5.41 Å². The van der Waals surface area contributed by atoms with Crippen LogP contribution in [0.1, 0.15) is 40.0 Å². The van der Waals surface area contributed by atoms with Crippen molar-refractivity contribution >= 4 is 11.6 Å². The van der Waals surface area contributed by atoms with E-state index in [1.165, 1.54) is 0 Å². The zero-order chi connectivity index (χ0) is 11.5. The first kappa shape index (κ1) is 12.3. The molecule has 4 nitrogen and oxygen atoms in total. The highest BCUT2D eigenvalue weighted by Gasteiger charge is 2.35. The summed E-state index contributed by atoms with van der Waals surface area (Å²) in [6.07, 6.45) is 2.37. The first-order chi connectivity index (χ1) is 6.99. The molecule has 1 heterocycles. The van der Waals surface area contributed by atoms with Gasteiger partial charge in [0.1, 0.15) is 0 Å². The van der Waals surface area contributed by atoms with Gasteiger partial charge in [-0.15, -0.1) is 0 Å². The summed E-state index contributed by atoms with van der Waals surface area (Å²) < 4.78 is 0. The van der Waals surface area contributed by atoms with E-state index in [4.69, 9.17) is 0 Å². The van der Waals surface area contributed by atoms with Crippen molar-refractivity contribution in [2.75, 3.05) is 6.54 Å². The van der Waals surface area contributed by atoms with E-state index < -0.39 is 5.41 Å². The van der Waals surface area contributed by atoms with Gasteiger partial charge in [0.15, 0.2) is 0 Å². The lowest BCUT2D eigenvalue weighted by Gasteiger charge is -2.26. The van der Waals surface area contributed by atoms with E-state index in [2.05, 4.69) is 10.9 Å². The summed E-state index contributed by atoms with van der Waals surface area (Å²) in [5, 5.41) is 0. The molecule has 1 unspecified atom stereocenters. The van der Waals surface area contributed by atoms with Crippen LogP contribution in [-0.4, -0.2) is 24.2 Å². The van der Waals surface area contributed by atoms with Crippen molar-refractivity contribution in [3.05, 3.63) is 0 Å². The van der Waals surface area contributed by atoms with Crippen LogP contribution in [0.2, 0.25) is 0 Å². The Hall–Kier alpha value is -0.740. The van der Waals surface area contributed by atoms with E-state index in [1.807, 2.05) is 20.8 Å². The third-order valence-corrected chi connectivity index (χ3v) is 3.11. The Kier molecular flexibility index (Phi) is 3.99. The number of carbonyl (C=O) groups excluding carboxylic acids is 2. The van der Waals surface area contributed by atoms with Gasteiger partial charge >= 0.3 is 0 Å². The van der Waals surface area contributed by atoms with E-state index in [-0.39, 0.29) is 17.6 Å². The molecule has 0 aromatic rings. The minimum Gasteiger partial charge on any atom is -0.290 e. The number of hydrogen-bond donors (Lipinski definition) is 2. The molecule has 0 radical (unpaired) electrons. The highest BCUT2D eigenvalue weighted by molar-refractivity contribution is 6.40. The minimum absolute atomic E-state index is 0.258. The van der Waals surface area contributed by atoms with Crippen LogP contribution < -0.4 is 10.9 Å². The highest BCUT2D eigenvalue weighted by atomic mass is 16.2. The molecule has 2 N–H and O–H groups in total. The number of hydrogen-bond acceptors (Lipinski definition) is 4. The van der Waals surface area contributed by atoms with Crippen molar-refractivity contribution in [2.45, 2.75) is 46.1 Å². The van der Waals surface area contributed by atoms with E-state index in [0.717, 1.165) is 19.4 Å². The second kappa shape index (κ2) is 4.86. The molecule has 0 saturated carbocycles. The van der Waals surface area contributed by atoms with Crippen LogP contribution in [0.25, 0.3) is 0 Å². The van der Waals surface area contributed by atoms with Crippen molar-refractivity contribution in [3.8, 4) is 0 Å². The molecular formula is C11H20N2O2. The SMILES string of the molecule is CCC(C)(C)C(=O)C(=O)C1CCCNN1. The van der Waals surface area contributed by atoms with E-state index in [9.17, 15) is 9.59 Å². The van der Waals surface area contributed by atoms with Gasteiger partial charge in [0.2, 0.25) is 11.6 Å². The van der Waals surface area contributed by atoms with E-state index >= 15 is 0 Å². The van der Waals surface area contributed by atoms with Gasteiger partial charge in [-0.3, -0.25) is 15.0 Å². The smallest absolute Gasteiger partial charge is 0.217 e. The lowest BCUT2D eigenvalue weighted by atomic mass is 9.81. The summed E-state index contributed by atoms with van der Waals surface area (Å²) >= 11 is 0. The van der Waals surface area contributed by atoms with Crippen LogP contribution in [0.3, 0.4) is 0 Å². The monoisotopic (exact) mass is 212 g/mol. The van der Waals surface area contributed by atoms with Gasteiger partial charge in [-0.2, -0.15) is 0 Å². The number of Topliss-reactive ketones (excluding diaryl/α,β-unsaturated/α-hetero) is 2. The molecule has 1 rings (SSSR count). The normalized spacial score (nSPS) is 22.5. The van der Waals surface area contributed by atoms with Gasteiger partial charge in [-0.05, 0) is 19.3 Å². The van der Waals surface area contributed by atoms with Crippen molar-refractivity contribution in [2.24, 2.45) is 5.41 Å². The van der Waals surface area contributed by atoms with Gasteiger partial charge < -0.3 is 0 Å². The third-order valence-electron chi connectivity index (χ3n) is 3.11. The molecule has 1 fully saturated rings. The van der Waals surface area contributed by atoms with Crippen LogP contribution in [0.5, 0.6) is 0 Å². The van der Waals surface area contributed by atoms with Gasteiger partial charge in [0.25, 0.3) is 0 Å². The van der Waals surface area contributed by atoms with Gasteiger partial charge in [0, 0.05) is 12.0 Å². The lowest BCUT2D eigenvalue weighted by Crippen LogP contribution is -2.53. The molecule has 86 valence electrons. The summed E-state index contributed by atoms with van der Waals surface area (Å²) in [5.41, 5.74) is 5.26. The Labute approximate surface area is 90.8 Å². The zero-order valence-electron chi connectivity index (χ0n) is 9.72. The summed E-state index contributed by atoms with van der Waals surface area (Å²) in [6, 6.07) is -0.336. The lowest BCUT2D eigenvalue weighted by molar-refractivity contribution is -0.143. The average molecular weight is 212 g/mol. The minimum atomic E-state index is -0.532. The van der Waals surface area contributed by atoms with Gasteiger partial charge in [-0.1, -0.05) is 20.8 Å². The number of carbonyl (C=O) groups is 2. The quantitative estimate of drug-likeness (QED) is 0.677. The van der Waals surface area contributed by atoms with Crippen molar-refractivity contribution in [1.29, 1.82) is 0 Å². The molecule has 4 heteroatoms. The molecule has 15 heavy (non-hydrogen) atoms. The number of rotatable bonds is 4. The summed E-state index contributed by atoms with van der Waals surface area (Å²) in [7, 11) is 0. The Morgan fingerprint density at radius 3 is 2.53 bits per heavy atom. The topological polar surface area (TPSA) is 58.2 Å². The van der Waals surface area contributed by atoms with Crippen LogP contribution in [0.4, 0.5) is 0 Å². The summed E-state index contributed by atoms with van der Waals surface area (Å²) in [4.78, 5) is 23.7. The Morgan fingerprint density at radius 2 is 2.07 bits per heavy atom. The fraction of sp³-hybridized carbons (Fsp3) is 0.818. The average Bonchev–Trinajstić information content (AvgIpc) is 2.28. The Balaban J connectivity index is 2.63. The van der Waals surface area contributed by atoms with Crippen molar-refractivity contribution in [3.63, 3.8) is 0 Å². The molecule has 1 aliphatic heterocycles. The molecule has 0 aromatic carbocycles. The van der Waals surface area contributed by atoms with Crippen LogP contribution in [-0.2, 0) is 9.59 Å². The predicted octanol–water partition coefficient (Wildman–Crippen LogP) is 0.817. The van der Waals surface area contributed by atoms with E-state index in [1.54, 1.807) is 0 Å². The fourth-order valence-electron chi connectivity index (χ4n) is 1.51. The second-order valence-electron chi connectivity index (χ2n) is 4.70. The first-order valence-corrected chi connectivity index (χ1v) is 5.56. The Bertz CT molecular complexity index is 255. The molecule has 1 atom stereocenters. The molecule has 0 aliphatic carbocycles. The maximum absolute atomic E-state index is 11.9. The van der Waals surface area contributed by atoms with E-state index in [0.29, 0.717) is 6.42 Å². The zero-order valence-corrected chi connectivity index (χ0v) is 9.72. The highest BCUT2D eigenvalue weighted by Crippen LogP contribution is 2.22. The summed E-state index contributed by atoms with van der Waals surface area (Å²) in [6.45, 7) is 6.43. The number of nitrogens with one attached hydrogen (secondary N) is 2. The molecule has 1 aliphatic rings. The molecule has 0 amide bonds. The molecule has 0 spiro atoms. The largest absolute Gasteiger partial charge is 0.290 e. The predicted molar refractivity (Wildman–Crippen MR) is 58.2 cm³/mol. The standard InChI is InChI=1S/C11H20N2O2/c1-4-11(2,3)10(15)9(14)8-6-5-7-12-13-8/h8,12-13H,4-7H2,1-3H3. The molecule has 0 bridgehead atoms. The maximum Gasteiger partial charge on any atom is 0.217 e. The van der Waals surface area contributed by atoms with Crippen LogP contribution >= 0.6 is 0 Å². The number of hydrazine groups is 1.